The van der Waals surface area contributed by atoms with Crippen LogP contribution < -0.4 is 0 Å². The van der Waals surface area contributed by atoms with Crippen molar-refractivity contribution in [3.05, 3.63) is 70.4 Å². The average molecular weight is 617 g/mol. The summed E-state index contributed by atoms with van der Waals surface area (Å²) >= 11 is 7.84. The van der Waals surface area contributed by atoms with Gasteiger partial charge in [0.15, 0.2) is 6.10 Å². The molecular formula is C34H37ClN4O3S. The fourth-order valence-corrected chi connectivity index (χ4v) is 7.42. The largest absolute Gasteiger partial charge is 0.479 e. The number of hydrogen-bond donors (Lipinski definition) is 1. The summed E-state index contributed by atoms with van der Waals surface area (Å²) in [7, 11) is 4.19. The Morgan fingerprint density at radius 3 is 2.40 bits per heavy atom. The van der Waals surface area contributed by atoms with E-state index in [1.54, 1.807) is 11.3 Å². The molecule has 0 saturated carbocycles. The van der Waals surface area contributed by atoms with Gasteiger partial charge >= 0.3 is 5.97 Å². The maximum absolute atomic E-state index is 12.7. The number of carbonyl (C=O) groups is 1. The fraction of sp³-hybridized carbons (Fsp3) is 0.382. The number of aliphatic carboxylic acids is 1. The second kappa shape index (κ2) is 11.3. The summed E-state index contributed by atoms with van der Waals surface area (Å²) in [6.45, 7) is 9.70. The number of halogens is 1. The van der Waals surface area contributed by atoms with Gasteiger partial charge in [-0.25, -0.2) is 9.78 Å². The number of thiazole rings is 1. The minimum Gasteiger partial charge on any atom is -0.479 e. The molecule has 1 fully saturated rings. The summed E-state index contributed by atoms with van der Waals surface area (Å²) in [4.78, 5) is 20.2. The molecule has 0 amide bonds. The number of piperidine rings is 1. The van der Waals surface area contributed by atoms with Crippen molar-refractivity contribution in [3.63, 3.8) is 0 Å². The Morgan fingerprint density at radius 2 is 1.74 bits per heavy atom. The van der Waals surface area contributed by atoms with E-state index in [1.807, 2.05) is 69.8 Å². The number of fused-ring (bicyclic) bond motifs is 2. The molecule has 6 rings (SSSR count). The molecule has 2 aromatic heterocycles. The van der Waals surface area contributed by atoms with Gasteiger partial charge in [-0.05, 0) is 108 Å². The highest BCUT2D eigenvalue weighted by molar-refractivity contribution is 7.22. The second-order valence-corrected chi connectivity index (χ2v) is 14.1. The van der Waals surface area contributed by atoms with Gasteiger partial charge in [0, 0.05) is 40.1 Å². The Morgan fingerprint density at radius 1 is 1.07 bits per heavy atom. The molecule has 1 N–H and O–H groups in total. The lowest BCUT2D eigenvalue weighted by Gasteiger charge is -2.28. The molecule has 1 unspecified atom stereocenters. The van der Waals surface area contributed by atoms with Crippen LogP contribution in [0, 0.1) is 6.92 Å². The topological polar surface area (TPSA) is 80.5 Å². The number of benzene rings is 3. The van der Waals surface area contributed by atoms with Gasteiger partial charge in [0.2, 0.25) is 0 Å². The Labute approximate surface area is 261 Å². The van der Waals surface area contributed by atoms with E-state index in [9.17, 15) is 9.90 Å². The minimum absolute atomic E-state index is 0.433. The number of rotatable bonds is 6. The third kappa shape index (κ3) is 5.81. The summed E-state index contributed by atoms with van der Waals surface area (Å²) in [6, 6.07) is 16.0. The minimum atomic E-state index is -1.15. The van der Waals surface area contributed by atoms with E-state index in [1.165, 1.54) is 5.39 Å². The van der Waals surface area contributed by atoms with Crippen LogP contribution in [0.25, 0.3) is 42.8 Å². The number of aromatic nitrogens is 3. The first kappa shape index (κ1) is 29.8. The van der Waals surface area contributed by atoms with Gasteiger partial charge < -0.3 is 14.7 Å². The number of nitrogens with zero attached hydrogens (tertiary/aromatic N) is 4. The van der Waals surface area contributed by atoms with Crippen molar-refractivity contribution in [2.75, 3.05) is 20.1 Å². The Balaban J connectivity index is 1.53. The summed E-state index contributed by atoms with van der Waals surface area (Å²) in [5, 5.41) is 18.0. The normalized spacial score (nSPS) is 15.9. The standard InChI is InChI=1S/C34H37ClN4O3S/c1-19-17-25-31(28(20-7-10-23(35)11-8-20)27(19)30(33(40)41)42-34(2,3)4)43-32(36-25)22-9-12-26-24(18-22)29(37-39(26)6)21-13-15-38(5)16-14-21/h7-12,17-18,21,30H,13-16H2,1-6H3,(H,40,41). The van der Waals surface area contributed by atoms with Gasteiger partial charge in [0.25, 0.3) is 0 Å². The first-order valence-corrected chi connectivity index (χ1v) is 15.8. The highest BCUT2D eigenvalue weighted by Crippen LogP contribution is 2.45. The molecule has 0 radical (unpaired) electrons. The molecular weight excluding hydrogens is 580 g/mol. The predicted molar refractivity (Wildman–Crippen MR) is 175 cm³/mol. The molecule has 3 aromatic carbocycles. The first-order valence-electron chi connectivity index (χ1n) is 14.7. The molecule has 1 saturated heterocycles. The molecule has 9 heteroatoms. The maximum atomic E-state index is 12.7. The molecule has 7 nitrogen and oxygen atoms in total. The van der Waals surface area contributed by atoms with Crippen molar-refractivity contribution in [3.8, 4) is 21.7 Å². The van der Waals surface area contributed by atoms with Crippen LogP contribution in [0.2, 0.25) is 5.02 Å². The molecule has 224 valence electrons. The predicted octanol–water partition coefficient (Wildman–Crippen LogP) is 8.23. The highest BCUT2D eigenvalue weighted by Gasteiger charge is 2.32. The summed E-state index contributed by atoms with van der Waals surface area (Å²) in [5.41, 5.74) is 6.62. The van der Waals surface area contributed by atoms with E-state index < -0.39 is 17.7 Å². The molecule has 1 aliphatic rings. The van der Waals surface area contributed by atoms with Gasteiger partial charge in [-0.1, -0.05) is 23.7 Å². The summed E-state index contributed by atoms with van der Waals surface area (Å²) < 4.78 is 9.07. The molecule has 0 spiro atoms. The van der Waals surface area contributed by atoms with Crippen LogP contribution in [-0.2, 0) is 16.6 Å². The maximum Gasteiger partial charge on any atom is 0.337 e. The monoisotopic (exact) mass is 616 g/mol. The van der Waals surface area contributed by atoms with E-state index in [0.29, 0.717) is 16.5 Å². The van der Waals surface area contributed by atoms with Gasteiger partial charge in [-0.2, -0.15) is 5.10 Å². The van der Waals surface area contributed by atoms with Crippen LogP contribution in [0.4, 0.5) is 0 Å². The Bertz CT molecular complexity index is 1830. The molecule has 0 bridgehead atoms. The number of carboxylic acid groups (broad SMARTS) is 1. The molecule has 43 heavy (non-hydrogen) atoms. The molecule has 3 heterocycles. The number of ether oxygens (including phenoxy) is 1. The quantitative estimate of drug-likeness (QED) is 0.207. The van der Waals surface area contributed by atoms with Crippen molar-refractivity contribution < 1.29 is 14.6 Å². The molecule has 5 aromatic rings. The number of hydrogen-bond acceptors (Lipinski definition) is 6. The number of likely N-dealkylation sites (tertiary alicyclic amines) is 1. The molecule has 1 atom stereocenters. The summed E-state index contributed by atoms with van der Waals surface area (Å²) in [5.74, 6) is -0.594. The van der Waals surface area contributed by atoms with Crippen molar-refractivity contribution in [2.24, 2.45) is 7.05 Å². The van der Waals surface area contributed by atoms with Crippen molar-refractivity contribution >= 4 is 50.0 Å². The second-order valence-electron chi connectivity index (χ2n) is 12.6. The zero-order chi connectivity index (χ0) is 30.6. The highest BCUT2D eigenvalue weighted by atomic mass is 35.5. The van der Waals surface area contributed by atoms with Crippen molar-refractivity contribution in [2.45, 2.75) is 58.2 Å². The van der Waals surface area contributed by atoms with E-state index >= 15 is 0 Å². The van der Waals surface area contributed by atoms with Gasteiger partial charge in [0.1, 0.15) is 5.01 Å². The van der Waals surface area contributed by atoms with Crippen LogP contribution in [0.1, 0.15) is 62.5 Å². The zero-order valence-corrected chi connectivity index (χ0v) is 27.0. The zero-order valence-electron chi connectivity index (χ0n) is 25.4. The van der Waals surface area contributed by atoms with E-state index in [0.717, 1.165) is 74.6 Å². The summed E-state index contributed by atoms with van der Waals surface area (Å²) in [6.07, 6.45) is 1.05. The van der Waals surface area contributed by atoms with Crippen LogP contribution in [0.15, 0.2) is 48.5 Å². The van der Waals surface area contributed by atoms with Crippen LogP contribution in [0.3, 0.4) is 0 Å². The van der Waals surface area contributed by atoms with Crippen molar-refractivity contribution in [1.82, 2.24) is 19.7 Å². The lowest BCUT2D eigenvalue weighted by atomic mass is 9.91. The Hall–Kier alpha value is -3.30. The molecule has 1 aliphatic heterocycles. The molecule has 0 aliphatic carbocycles. The fourth-order valence-electron chi connectivity index (χ4n) is 6.17. The lowest BCUT2D eigenvalue weighted by Crippen LogP contribution is -2.29. The smallest absolute Gasteiger partial charge is 0.337 e. The SMILES string of the molecule is Cc1cc2nc(-c3ccc4c(c3)c(C3CCN(C)CC3)nn4C)sc2c(-c2ccc(Cl)cc2)c1C(OC(C)(C)C)C(=O)O. The van der Waals surface area contributed by atoms with Crippen molar-refractivity contribution in [1.29, 1.82) is 0 Å². The Kier molecular flexibility index (Phi) is 7.84. The number of carboxylic acids is 1. The van der Waals surface area contributed by atoms with Gasteiger partial charge in [-0.3, -0.25) is 4.68 Å². The third-order valence-electron chi connectivity index (χ3n) is 8.25. The van der Waals surface area contributed by atoms with E-state index in [2.05, 4.69) is 30.1 Å². The average Bonchev–Trinajstić information content (AvgIpc) is 3.52. The first-order chi connectivity index (χ1) is 20.4. The van der Waals surface area contributed by atoms with E-state index in [-0.39, 0.29) is 0 Å². The van der Waals surface area contributed by atoms with E-state index in [4.69, 9.17) is 26.4 Å². The third-order valence-corrected chi connectivity index (χ3v) is 9.64. The van der Waals surface area contributed by atoms with Crippen LogP contribution >= 0.6 is 22.9 Å². The lowest BCUT2D eigenvalue weighted by molar-refractivity contribution is -0.160. The van der Waals surface area contributed by atoms with Crippen LogP contribution in [0.5, 0.6) is 0 Å². The number of aryl methyl sites for hydroxylation is 2. The van der Waals surface area contributed by atoms with Crippen LogP contribution in [-0.4, -0.2) is 56.5 Å². The van der Waals surface area contributed by atoms with Gasteiger partial charge in [-0.15, -0.1) is 11.3 Å². The van der Waals surface area contributed by atoms with Gasteiger partial charge in [0.05, 0.1) is 27.0 Å².